The predicted octanol–water partition coefficient (Wildman–Crippen LogP) is 2.99. The van der Waals surface area contributed by atoms with Gasteiger partial charge in [0.15, 0.2) is 0 Å². The van der Waals surface area contributed by atoms with E-state index in [-0.39, 0.29) is 11.4 Å². The lowest BCUT2D eigenvalue weighted by atomic mass is 10.1. The van der Waals surface area contributed by atoms with E-state index in [1.54, 1.807) is 17.8 Å². The average Bonchev–Trinajstić information content (AvgIpc) is 3.17. The largest absolute Gasteiger partial charge is 0.469 e. The van der Waals surface area contributed by atoms with Crippen molar-refractivity contribution in [1.29, 1.82) is 5.26 Å². The third-order valence-electron chi connectivity index (χ3n) is 3.21. The van der Waals surface area contributed by atoms with Gasteiger partial charge in [0.05, 0.1) is 25.2 Å². The molecule has 0 spiro atoms. The first kappa shape index (κ1) is 13.0. The molecule has 18 heavy (non-hydrogen) atoms. The summed E-state index contributed by atoms with van der Waals surface area (Å²) in [7, 11) is 1.43. The molecule has 0 radical (unpaired) electrons. The molecule has 0 bridgehead atoms. The number of benzene rings is 1. The Bertz CT molecular complexity index is 489. The molecule has 1 saturated carbocycles. The first-order chi connectivity index (χ1) is 8.67. The van der Waals surface area contributed by atoms with Crippen LogP contribution in [0.25, 0.3) is 0 Å². The summed E-state index contributed by atoms with van der Waals surface area (Å²) in [4.78, 5) is 12.4. The van der Waals surface area contributed by atoms with E-state index >= 15 is 0 Å². The maximum Gasteiger partial charge on any atom is 0.306 e. The van der Waals surface area contributed by atoms with Crippen molar-refractivity contribution in [1.82, 2.24) is 0 Å². The van der Waals surface area contributed by atoms with Crippen molar-refractivity contribution in [3.05, 3.63) is 29.8 Å². The van der Waals surface area contributed by atoms with E-state index in [0.29, 0.717) is 12.0 Å². The number of methoxy groups -OCH3 is 1. The van der Waals surface area contributed by atoms with E-state index in [1.807, 2.05) is 18.2 Å². The molecular formula is C14H15NO2S. The van der Waals surface area contributed by atoms with Crippen molar-refractivity contribution in [2.24, 2.45) is 5.41 Å². The summed E-state index contributed by atoms with van der Waals surface area (Å²) in [5, 5.41) is 8.83. The first-order valence-corrected chi connectivity index (χ1v) is 6.86. The second-order valence-electron chi connectivity index (χ2n) is 4.68. The molecule has 0 aromatic heterocycles. The molecule has 0 amide bonds. The van der Waals surface area contributed by atoms with Crippen LogP contribution in [0.5, 0.6) is 0 Å². The number of nitriles is 1. The molecule has 0 N–H and O–H groups in total. The second-order valence-corrected chi connectivity index (χ2v) is 5.73. The predicted molar refractivity (Wildman–Crippen MR) is 70.2 cm³/mol. The van der Waals surface area contributed by atoms with Crippen LogP contribution >= 0.6 is 11.8 Å². The van der Waals surface area contributed by atoms with Crippen LogP contribution in [0.2, 0.25) is 0 Å². The van der Waals surface area contributed by atoms with E-state index < -0.39 is 0 Å². The highest BCUT2D eigenvalue weighted by Gasteiger charge is 2.44. The molecular weight excluding hydrogens is 246 g/mol. The Morgan fingerprint density at radius 3 is 2.94 bits per heavy atom. The van der Waals surface area contributed by atoms with Crippen molar-refractivity contribution in [3.8, 4) is 6.07 Å². The maximum absolute atomic E-state index is 11.3. The average molecular weight is 261 g/mol. The normalized spacial score (nSPS) is 15.8. The second kappa shape index (κ2) is 5.45. The fraction of sp³-hybridized carbons (Fsp3) is 0.429. The van der Waals surface area contributed by atoms with Gasteiger partial charge in [0.25, 0.3) is 0 Å². The standard InChI is InChI=1S/C14H15NO2S/c1-17-13(16)8-14(5-6-14)10-18-12-4-2-3-11(7-12)9-15/h2-4,7H,5-6,8,10H2,1H3. The molecule has 1 aromatic carbocycles. The zero-order valence-corrected chi connectivity index (χ0v) is 11.1. The number of thioether (sulfide) groups is 1. The lowest BCUT2D eigenvalue weighted by Crippen LogP contribution is -2.12. The Morgan fingerprint density at radius 2 is 2.33 bits per heavy atom. The van der Waals surface area contributed by atoms with E-state index in [9.17, 15) is 4.79 Å². The van der Waals surface area contributed by atoms with Gasteiger partial charge in [-0.15, -0.1) is 11.8 Å². The van der Waals surface area contributed by atoms with Gasteiger partial charge in [-0.1, -0.05) is 6.07 Å². The molecule has 3 nitrogen and oxygen atoms in total. The van der Waals surface area contributed by atoms with Crippen molar-refractivity contribution < 1.29 is 9.53 Å². The van der Waals surface area contributed by atoms with Gasteiger partial charge in [-0.25, -0.2) is 0 Å². The molecule has 4 heteroatoms. The fourth-order valence-corrected chi connectivity index (χ4v) is 3.07. The van der Waals surface area contributed by atoms with Crippen molar-refractivity contribution in [2.75, 3.05) is 12.9 Å². The maximum atomic E-state index is 11.3. The molecule has 1 aliphatic rings. The number of carbonyl (C=O) groups is 1. The molecule has 94 valence electrons. The van der Waals surface area contributed by atoms with E-state index in [2.05, 4.69) is 6.07 Å². The van der Waals surface area contributed by atoms with Crippen LogP contribution in [0.3, 0.4) is 0 Å². The molecule has 1 aliphatic carbocycles. The van der Waals surface area contributed by atoms with Gasteiger partial charge >= 0.3 is 5.97 Å². The molecule has 0 atom stereocenters. The number of hydrogen-bond donors (Lipinski definition) is 0. The van der Waals surface area contributed by atoms with Crippen LogP contribution in [0.1, 0.15) is 24.8 Å². The zero-order chi connectivity index (χ0) is 13.0. The lowest BCUT2D eigenvalue weighted by Gasteiger charge is -2.12. The Balaban J connectivity index is 1.91. The molecule has 0 heterocycles. The highest BCUT2D eigenvalue weighted by molar-refractivity contribution is 7.99. The number of rotatable bonds is 5. The summed E-state index contributed by atoms with van der Waals surface area (Å²) < 4.78 is 4.72. The minimum absolute atomic E-state index is 0.125. The van der Waals surface area contributed by atoms with E-state index in [1.165, 1.54) is 7.11 Å². The third kappa shape index (κ3) is 3.27. The summed E-state index contributed by atoms with van der Waals surface area (Å²) in [5.74, 6) is 0.788. The fourth-order valence-electron chi connectivity index (χ4n) is 1.82. The summed E-state index contributed by atoms with van der Waals surface area (Å²) >= 11 is 1.71. The molecule has 1 aromatic rings. The summed E-state index contributed by atoms with van der Waals surface area (Å²) in [6.45, 7) is 0. The minimum atomic E-state index is -0.126. The molecule has 0 saturated heterocycles. The van der Waals surface area contributed by atoms with Crippen molar-refractivity contribution >= 4 is 17.7 Å². The van der Waals surface area contributed by atoms with Crippen LogP contribution < -0.4 is 0 Å². The van der Waals surface area contributed by atoms with Crippen molar-refractivity contribution in [3.63, 3.8) is 0 Å². The summed E-state index contributed by atoms with van der Waals surface area (Å²) in [6, 6.07) is 9.71. The monoisotopic (exact) mass is 261 g/mol. The van der Waals surface area contributed by atoms with Gasteiger partial charge in [0, 0.05) is 10.6 Å². The van der Waals surface area contributed by atoms with Crippen molar-refractivity contribution in [2.45, 2.75) is 24.2 Å². The molecule has 2 rings (SSSR count). The smallest absolute Gasteiger partial charge is 0.306 e. The molecule has 0 aliphatic heterocycles. The van der Waals surface area contributed by atoms with Gasteiger partial charge < -0.3 is 4.74 Å². The quantitative estimate of drug-likeness (QED) is 0.604. The van der Waals surface area contributed by atoms with Crippen LogP contribution in [0.15, 0.2) is 29.2 Å². The first-order valence-electron chi connectivity index (χ1n) is 5.87. The summed E-state index contributed by atoms with van der Waals surface area (Å²) in [6.07, 6.45) is 2.69. The Morgan fingerprint density at radius 1 is 1.56 bits per heavy atom. The van der Waals surface area contributed by atoms with E-state index in [4.69, 9.17) is 10.00 Å². The number of ether oxygens (including phenoxy) is 1. The van der Waals surface area contributed by atoms with Gasteiger partial charge in [0.1, 0.15) is 0 Å². The number of hydrogen-bond acceptors (Lipinski definition) is 4. The Kier molecular flexibility index (Phi) is 3.93. The number of nitrogens with zero attached hydrogens (tertiary/aromatic N) is 1. The summed E-state index contributed by atoms with van der Waals surface area (Å²) in [5.41, 5.74) is 0.804. The topological polar surface area (TPSA) is 50.1 Å². The van der Waals surface area contributed by atoms with Crippen LogP contribution in [-0.2, 0) is 9.53 Å². The number of esters is 1. The van der Waals surface area contributed by atoms with Gasteiger partial charge in [-0.3, -0.25) is 4.79 Å². The van der Waals surface area contributed by atoms with Gasteiger partial charge in [-0.2, -0.15) is 5.26 Å². The highest BCUT2D eigenvalue weighted by Crippen LogP contribution is 2.52. The lowest BCUT2D eigenvalue weighted by molar-refractivity contribution is -0.141. The van der Waals surface area contributed by atoms with E-state index in [0.717, 1.165) is 23.5 Å². The number of carbonyl (C=O) groups excluding carboxylic acids is 1. The van der Waals surface area contributed by atoms with Gasteiger partial charge in [0.2, 0.25) is 0 Å². The van der Waals surface area contributed by atoms with Crippen LogP contribution in [0.4, 0.5) is 0 Å². The van der Waals surface area contributed by atoms with Crippen LogP contribution in [0, 0.1) is 16.7 Å². The highest BCUT2D eigenvalue weighted by atomic mass is 32.2. The Hall–Kier alpha value is -1.47. The third-order valence-corrected chi connectivity index (χ3v) is 4.56. The zero-order valence-electron chi connectivity index (χ0n) is 10.3. The molecule has 0 unspecified atom stereocenters. The van der Waals surface area contributed by atoms with Gasteiger partial charge in [-0.05, 0) is 36.5 Å². The van der Waals surface area contributed by atoms with Crippen LogP contribution in [-0.4, -0.2) is 18.8 Å². The SMILES string of the molecule is COC(=O)CC1(CSc2cccc(C#N)c2)CC1. The minimum Gasteiger partial charge on any atom is -0.469 e. The molecule has 1 fully saturated rings. The Labute approximate surface area is 111 Å².